The fraction of sp³-hybridized carbons (Fsp3) is 0.737. The van der Waals surface area contributed by atoms with E-state index in [-0.39, 0.29) is 16.7 Å². The highest BCUT2D eigenvalue weighted by molar-refractivity contribution is 7.91. The van der Waals surface area contributed by atoms with Crippen LogP contribution in [0.15, 0.2) is 15.7 Å². The van der Waals surface area contributed by atoms with Gasteiger partial charge in [-0.05, 0) is 68.0 Å². The second kappa shape index (κ2) is 6.54. The fourth-order valence-electron chi connectivity index (χ4n) is 5.93. The Labute approximate surface area is 166 Å². The Morgan fingerprint density at radius 3 is 2.56 bits per heavy atom. The van der Waals surface area contributed by atoms with Crippen molar-refractivity contribution in [2.45, 2.75) is 36.8 Å². The third-order valence-electron chi connectivity index (χ3n) is 7.31. The number of rotatable bonds is 3. The van der Waals surface area contributed by atoms with Crippen LogP contribution < -0.4 is 5.32 Å². The fourth-order valence-corrected chi connectivity index (χ4v) is 8.92. The molecule has 27 heavy (non-hydrogen) atoms. The molecule has 1 aromatic heterocycles. The molecule has 3 aliphatic rings. The topological polar surface area (TPSA) is 69.7 Å². The number of sulfonamides is 1. The molecule has 2 atom stereocenters. The SMILES string of the molecule is CNC(=O)[C@@]12CCC3(CCN(S(=O)(=O)c4sccc4C)CC3)[C@@H]1CN(C)C2. The molecule has 2 saturated heterocycles. The van der Waals surface area contributed by atoms with E-state index in [1.54, 1.807) is 11.4 Å². The lowest BCUT2D eigenvalue weighted by atomic mass is 9.66. The zero-order valence-electron chi connectivity index (χ0n) is 16.3. The van der Waals surface area contributed by atoms with Gasteiger partial charge in [0.1, 0.15) is 4.21 Å². The number of amides is 1. The summed E-state index contributed by atoms with van der Waals surface area (Å²) in [5.41, 5.74) is 0.625. The van der Waals surface area contributed by atoms with E-state index in [0.29, 0.717) is 23.2 Å². The van der Waals surface area contributed by atoms with E-state index in [1.807, 2.05) is 18.4 Å². The molecule has 2 aliphatic heterocycles. The molecule has 0 bridgehead atoms. The standard InChI is InChI=1S/C19H29N3O3S2/c1-14-4-11-26-16(14)27(24,25)22-9-7-18(8-10-22)5-6-19(17(23)20-2)13-21(3)12-15(18)19/h4,11,15H,5-10,12-13H2,1-3H3,(H,20,23)/t15-,19+/m0/s1. The largest absolute Gasteiger partial charge is 0.359 e. The average molecular weight is 412 g/mol. The molecule has 0 radical (unpaired) electrons. The van der Waals surface area contributed by atoms with Crippen molar-refractivity contribution in [1.29, 1.82) is 0 Å². The van der Waals surface area contributed by atoms with Crippen molar-refractivity contribution in [3.05, 3.63) is 17.0 Å². The summed E-state index contributed by atoms with van der Waals surface area (Å²) in [7, 11) is 0.423. The minimum absolute atomic E-state index is 0.0911. The molecule has 4 rings (SSSR count). The van der Waals surface area contributed by atoms with E-state index in [2.05, 4.69) is 17.3 Å². The predicted molar refractivity (Wildman–Crippen MR) is 106 cm³/mol. The number of hydrogen-bond acceptors (Lipinski definition) is 5. The van der Waals surface area contributed by atoms with Gasteiger partial charge in [0, 0.05) is 33.2 Å². The van der Waals surface area contributed by atoms with Gasteiger partial charge in [-0.1, -0.05) is 0 Å². The van der Waals surface area contributed by atoms with Crippen LogP contribution in [0.3, 0.4) is 0 Å². The van der Waals surface area contributed by atoms with Crippen molar-refractivity contribution in [2.75, 3.05) is 40.3 Å². The van der Waals surface area contributed by atoms with E-state index >= 15 is 0 Å². The number of piperidine rings is 1. The summed E-state index contributed by atoms with van der Waals surface area (Å²) in [6.45, 7) is 4.73. The number of hydrogen-bond donors (Lipinski definition) is 1. The van der Waals surface area contributed by atoms with Gasteiger partial charge in [0.2, 0.25) is 5.91 Å². The second-order valence-corrected chi connectivity index (χ2v) is 11.7. The lowest BCUT2D eigenvalue weighted by molar-refractivity contribution is -0.132. The number of likely N-dealkylation sites (tertiary alicyclic amines) is 1. The highest BCUT2D eigenvalue weighted by Gasteiger charge is 2.63. The second-order valence-electron chi connectivity index (χ2n) is 8.64. The molecule has 1 aliphatic carbocycles. The van der Waals surface area contributed by atoms with Crippen molar-refractivity contribution >= 4 is 27.3 Å². The Balaban J connectivity index is 1.56. The lowest BCUT2D eigenvalue weighted by Crippen LogP contribution is -2.49. The van der Waals surface area contributed by atoms with Crippen LogP contribution in [0.2, 0.25) is 0 Å². The lowest BCUT2D eigenvalue weighted by Gasteiger charge is -2.43. The number of nitrogens with zero attached hydrogens (tertiary/aromatic N) is 2. The summed E-state index contributed by atoms with van der Waals surface area (Å²) in [6, 6.07) is 1.87. The molecule has 3 heterocycles. The Kier molecular flexibility index (Phi) is 4.69. The minimum Gasteiger partial charge on any atom is -0.359 e. The van der Waals surface area contributed by atoms with Crippen LogP contribution in [0.4, 0.5) is 0 Å². The molecule has 1 N–H and O–H groups in total. The Morgan fingerprint density at radius 2 is 1.96 bits per heavy atom. The van der Waals surface area contributed by atoms with Crippen LogP contribution in [-0.2, 0) is 14.8 Å². The van der Waals surface area contributed by atoms with E-state index in [0.717, 1.165) is 44.3 Å². The van der Waals surface area contributed by atoms with E-state index in [1.165, 1.54) is 11.3 Å². The number of carbonyl (C=O) groups is 1. The molecular formula is C19H29N3O3S2. The van der Waals surface area contributed by atoms with Crippen LogP contribution in [0.5, 0.6) is 0 Å². The van der Waals surface area contributed by atoms with Gasteiger partial charge < -0.3 is 10.2 Å². The predicted octanol–water partition coefficient (Wildman–Crippen LogP) is 1.92. The number of aryl methyl sites for hydroxylation is 1. The molecule has 3 fully saturated rings. The van der Waals surface area contributed by atoms with Crippen LogP contribution in [0.25, 0.3) is 0 Å². The Morgan fingerprint density at radius 1 is 1.26 bits per heavy atom. The maximum Gasteiger partial charge on any atom is 0.252 e. The van der Waals surface area contributed by atoms with Crippen molar-refractivity contribution in [3.8, 4) is 0 Å². The zero-order valence-corrected chi connectivity index (χ0v) is 18.0. The van der Waals surface area contributed by atoms with Gasteiger partial charge >= 0.3 is 0 Å². The summed E-state index contributed by atoms with van der Waals surface area (Å²) in [5.74, 6) is 0.487. The van der Waals surface area contributed by atoms with Crippen LogP contribution in [0, 0.1) is 23.7 Å². The van der Waals surface area contributed by atoms with Gasteiger partial charge in [0.15, 0.2) is 0 Å². The number of carbonyl (C=O) groups excluding carboxylic acids is 1. The molecule has 8 heteroatoms. The quantitative estimate of drug-likeness (QED) is 0.825. The smallest absolute Gasteiger partial charge is 0.252 e. The van der Waals surface area contributed by atoms with Gasteiger partial charge in [-0.3, -0.25) is 4.79 Å². The summed E-state index contributed by atoms with van der Waals surface area (Å²) < 4.78 is 28.2. The average Bonchev–Trinajstić information content (AvgIpc) is 3.30. The summed E-state index contributed by atoms with van der Waals surface area (Å²) in [5, 5.41) is 4.74. The third kappa shape index (κ3) is 2.79. The highest BCUT2D eigenvalue weighted by atomic mass is 32.2. The van der Waals surface area contributed by atoms with E-state index < -0.39 is 10.0 Å². The maximum absolute atomic E-state index is 13.0. The molecular weight excluding hydrogens is 382 g/mol. The van der Waals surface area contributed by atoms with Gasteiger partial charge in [0.05, 0.1) is 5.41 Å². The number of fused-ring (bicyclic) bond motifs is 2. The number of nitrogens with one attached hydrogen (secondary N) is 1. The van der Waals surface area contributed by atoms with Crippen LogP contribution >= 0.6 is 11.3 Å². The van der Waals surface area contributed by atoms with Gasteiger partial charge in [-0.25, -0.2) is 8.42 Å². The van der Waals surface area contributed by atoms with Gasteiger partial charge in [0.25, 0.3) is 10.0 Å². The van der Waals surface area contributed by atoms with Crippen molar-refractivity contribution < 1.29 is 13.2 Å². The Bertz CT molecular complexity index is 842. The minimum atomic E-state index is -3.40. The summed E-state index contributed by atoms with van der Waals surface area (Å²) in [6.07, 6.45) is 3.66. The molecule has 0 unspecified atom stereocenters. The van der Waals surface area contributed by atoms with Crippen molar-refractivity contribution in [2.24, 2.45) is 16.7 Å². The third-order valence-corrected chi connectivity index (χ3v) is 10.9. The van der Waals surface area contributed by atoms with Crippen molar-refractivity contribution in [1.82, 2.24) is 14.5 Å². The first-order chi connectivity index (χ1) is 12.7. The van der Waals surface area contributed by atoms with E-state index in [9.17, 15) is 13.2 Å². The van der Waals surface area contributed by atoms with Gasteiger partial charge in [-0.15, -0.1) is 11.3 Å². The molecule has 1 amide bonds. The zero-order chi connectivity index (χ0) is 19.4. The first-order valence-corrected chi connectivity index (χ1v) is 12.0. The molecule has 1 aromatic rings. The van der Waals surface area contributed by atoms with Crippen molar-refractivity contribution in [3.63, 3.8) is 0 Å². The van der Waals surface area contributed by atoms with Gasteiger partial charge in [-0.2, -0.15) is 4.31 Å². The number of thiophene rings is 1. The molecule has 6 nitrogen and oxygen atoms in total. The summed E-state index contributed by atoms with van der Waals surface area (Å²) >= 11 is 1.31. The highest BCUT2D eigenvalue weighted by Crippen LogP contribution is 2.62. The molecule has 150 valence electrons. The summed E-state index contributed by atoms with van der Waals surface area (Å²) in [4.78, 5) is 15.0. The molecule has 1 spiro atoms. The van der Waals surface area contributed by atoms with E-state index in [4.69, 9.17) is 0 Å². The van der Waals surface area contributed by atoms with Crippen LogP contribution in [0.1, 0.15) is 31.2 Å². The molecule has 0 aromatic carbocycles. The maximum atomic E-state index is 13.0. The first kappa shape index (κ1) is 19.4. The Hall–Kier alpha value is -0.960. The van der Waals surface area contributed by atoms with Crippen LogP contribution in [-0.4, -0.2) is 63.8 Å². The molecule has 1 saturated carbocycles. The first-order valence-electron chi connectivity index (χ1n) is 9.70. The monoisotopic (exact) mass is 411 g/mol. The normalized spacial score (nSPS) is 31.3.